The summed E-state index contributed by atoms with van der Waals surface area (Å²) < 4.78 is 5.48. The summed E-state index contributed by atoms with van der Waals surface area (Å²) in [6.45, 7) is 4.48. The second-order valence-corrected chi connectivity index (χ2v) is 6.34. The second-order valence-electron chi connectivity index (χ2n) is 6.34. The first-order chi connectivity index (χ1) is 11.6. The molecular formula is C19H28N2O3. The minimum Gasteiger partial charge on any atom is -0.494 e. The molecule has 24 heavy (non-hydrogen) atoms. The number of ether oxygens (including phenoxy) is 1. The molecule has 0 radical (unpaired) electrons. The summed E-state index contributed by atoms with van der Waals surface area (Å²) in [6, 6.07) is 7.89. The zero-order valence-electron chi connectivity index (χ0n) is 14.6. The molecule has 5 heteroatoms. The van der Waals surface area contributed by atoms with Gasteiger partial charge < -0.3 is 15.4 Å². The maximum atomic E-state index is 12.1. The largest absolute Gasteiger partial charge is 0.494 e. The van der Waals surface area contributed by atoms with Crippen LogP contribution in [-0.2, 0) is 9.59 Å². The van der Waals surface area contributed by atoms with Crippen LogP contribution >= 0.6 is 0 Å². The van der Waals surface area contributed by atoms with Crippen LogP contribution in [0.4, 0.5) is 0 Å². The van der Waals surface area contributed by atoms with E-state index in [2.05, 4.69) is 10.6 Å². The molecule has 1 aromatic carbocycles. The number of amides is 2. The molecule has 2 rings (SSSR count). The Balaban J connectivity index is 1.74. The molecule has 1 aromatic rings. The molecule has 0 heterocycles. The topological polar surface area (TPSA) is 67.4 Å². The first-order valence-corrected chi connectivity index (χ1v) is 8.90. The number of rotatable bonds is 8. The van der Waals surface area contributed by atoms with Gasteiger partial charge >= 0.3 is 0 Å². The average Bonchev–Trinajstić information content (AvgIpc) is 3.06. The highest BCUT2D eigenvalue weighted by atomic mass is 16.5. The third-order valence-corrected chi connectivity index (χ3v) is 4.35. The fraction of sp³-hybridized carbons (Fsp3) is 0.579. The van der Waals surface area contributed by atoms with Crippen LogP contribution in [0.5, 0.6) is 5.75 Å². The van der Waals surface area contributed by atoms with Gasteiger partial charge in [-0.1, -0.05) is 25.0 Å². The molecule has 1 atom stereocenters. The SMILES string of the molecule is CCOc1cccc([C@@H](C)NC(=O)CCC(=O)NC2CCCC2)c1. The van der Waals surface area contributed by atoms with Crippen molar-refractivity contribution in [3.8, 4) is 5.75 Å². The van der Waals surface area contributed by atoms with Crippen molar-refractivity contribution in [3.05, 3.63) is 29.8 Å². The van der Waals surface area contributed by atoms with Crippen LogP contribution in [-0.4, -0.2) is 24.5 Å². The van der Waals surface area contributed by atoms with Gasteiger partial charge in [0, 0.05) is 18.9 Å². The molecule has 0 aliphatic heterocycles. The standard InChI is InChI=1S/C19H28N2O3/c1-3-24-17-10-6-7-15(13-17)14(2)20-18(22)11-12-19(23)21-16-8-4-5-9-16/h6-7,10,13-14,16H,3-5,8-9,11-12H2,1-2H3,(H,20,22)(H,21,23)/t14-/m1/s1. The summed E-state index contributed by atoms with van der Waals surface area (Å²) in [5, 5.41) is 5.95. The third-order valence-electron chi connectivity index (χ3n) is 4.35. The van der Waals surface area contributed by atoms with Gasteiger partial charge in [-0.2, -0.15) is 0 Å². The van der Waals surface area contributed by atoms with Gasteiger partial charge in [0.1, 0.15) is 5.75 Å². The van der Waals surface area contributed by atoms with Crippen molar-refractivity contribution in [3.63, 3.8) is 0 Å². The van der Waals surface area contributed by atoms with Gasteiger partial charge in [-0.25, -0.2) is 0 Å². The van der Waals surface area contributed by atoms with E-state index in [1.807, 2.05) is 38.1 Å². The minimum atomic E-state index is -0.115. The van der Waals surface area contributed by atoms with Crippen LogP contribution in [0, 0.1) is 0 Å². The molecule has 1 aliphatic rings. The molecule has 1 aliphatic carbocycles. The average molecular weight is 332 g/mol. The lowest BCUT2D eigenvalue weighted by Gasteiger charge is -2.16. The Labute approximate surface area is 144 Å². The van der Waals surface area contributed by atoms with E-state index >= 15 is 0 Å². The lowest BCUT2D eigenvalue weighted by molar-refractivity contribution is -0.127. The first kappa shape index (κ1) is 18.3. The van der Waals surface area contributed by atoms with Crippen molar-refractivity contribution in [2.24, 2.45) is 0 Å². The Morgan fingerprint density at radius 1 is 1.21 bits per heavy atom. The number of hydrogen-bond acceptors (Lipinski definition) is 3. The van der Waals surface area contributed by atoms with Crippen molar-refractivity contribution in [2.45, 2.75) is 64.5 Å². The Morgan fingerprint density at radius 3 is 2.62 bits per heavy atom. The van der Waals surface area contributed by atoms with E-state index in [0.717, 1.165) is 24.2 Å². The Kier molecular flexibility index (Phi) is 7.09. The quantitative estimate of drug-likeness (QED) is 0.769. The number of benzene rings is 1. The van der Waals surface area contributed by atoms with Gasteiger partial charge in [-0.05, 0) is 44.4 Å². The van der Waals surface area contributed by atoms with E-state index in [0.29, 0.717) is 12.6 Å². The highest BCUT2D eigenvalue weighted by Gasteiger charge is 2.18. The zero-order valence-corrected chi connectivity index (χ0v) is 14.6. The molecule has 1 fully saturated rings. The summed E-state index contributed by atoms with van der Waals surface area (Å²) in [5.74, 6) is 0.668. The van der Waals surface area contributed by atoms with Crippen molar-refractivity contribution in [2.75, 3.05) is 6.61 Å². The second kappa shape index (κ2) is 9.30. The van der Waals surface area contributed by atoms with Gasteiger partial charge in [-0.15, -0.1) is 0 Å². The van der Waals surface area contributed by atoms with E-state index in [-0.39, 0.29) is 30.7 Å². The van der Waals surface area contributed by atoms with E-state index in [1.165, 1.54) is 12.8 Å². The Hall–Kier alpha value is -2.04. The molecule has 2 amide bonds. The van der Waals surface area contributed by atoms with Gasteiger partial charge in [0.2, 0.25) is 11.8 Å². The number of carbonyl (C=O) groups excluding carboxylic acids is 2. The van der Waals surface area contributed by atoms with Crippen LogP contribution in [0.3, 0.4) is 0 Å². The number of nitrogens with one attached hydrogen (secondary N) is 2. The zero-order chi connectivity index (χ0) is 17.4. The molecular weight excluding hydrogens is 304 g/mol. The molecule has 1 saturated carbocycles. The molecule has 0 unspecified atom stereocenters. The smallest absolute Gasteiger partial charge is 0.220 e. The fourth-order valence-electron chi connectivity index (χ4n) is 3.03. The molecule has 132 valence electrons. The monoisotopic (exact) mass is 332 g/mol. The van der Waals surface area contributed by atoms with Gasteiger partial charge in [0.15, 0.2) is 0 Å². The van der Waals surface area contributed by atoms with Gasteiger partial charge in [-0.3, -0.25) is 9.59 Å². The highest BCUT2D eigenvalue weighted by molar-refractivity contribution is 5.84. The summed E-state index contributed by atoms with van der Waals surface area (Å²) in [4.78, 5) is 23.9. The Bertz CT molecular complexity index is 553. The lowest BCUT2D eigenvalue weighted by atomic mass is 10.1. The molecule has 0 bridgehead atoms. The highest BCUT2D eigenvalue weighted by Crippen LogP contribution is 2.19. The predicted octanol–water partition coefficient (Wildman–Crippen LogP) is 3.10. The van der Waals surface area contributed by atoms with Crippen LogP contribution in [0.2, 0.25) is 0 Å². The number of hydrogen-bond donors (Lipinski definition) is 2. The van der Waals surface area contributed by atoms with Crippen LogP contribution in [0.1, 0.15) is 64.0 Å². The summed E-state index contributed by atoms with van der Waals surface area (Å²) in [7, 11) is 0. The summed E-state index contributed by atoms with van der Waals surface area (Å²) in [6.07, 6.45) is 4.95. The summed E-state index contributed by atoms with van der Waals surface area (Å²) in [5.41, 5.74) is 0.990. The van der Waals surface area contributed by atoms with Crippen molar-refractivity contribution in [1.29, 1.82) is 0 Å². The normalized spacial score (nSPS) is 15.8. The van der Waals surface area contributed by atoms with E-state index in [9.17, 15) is 9.59 Å². The molecule has 2 N–H and O–H groups in total. The van der Waals surface area contributed by atoms with E-state index in [4.69, 9.17) is 4.74 Å². The molecule has 0 spiro atoms. The van der Waals surface area contributed by atoms with Crippen molar-refractivity contribution >= 4 is 11.8 Å². The van der Waals surface area contributed by atoms with Crippen LogP contribution in [0.25, 0.3) is 0 Å². The van der Waals surface area contributed by atoms with Crippen LogP contribution in [0.15, 0.2) is 24.3 Å². The van der Waals surface area contributed by atoms with E-state index in [1.54, 1.807) is 0 Å². The van der Waals surface area contributed by atoms with Gasteiger partial charge in [0.05, 0.1) is 12.6 Å². The Morgan fingerprint density at radius 2 is 1.92 bits per heavy atom. The number of carbonyl (C=O) groups is 2. The first-order valence-electron chi connectivity index (χ1n) is 8.90. The van der Waals surface area contributed by atoms with Crippen molar-refractivity contribution < 1.29 is 14.3 Å². The fourth-order valence-corrected chi connectivity index (χ4v) is 3.03. The van der Waals surface area contributed by atoms with Crippen molar-refractivity contribution in [1.82, 2.24) is 10.6 Å². The minimum absolute atomic E-state index is 0.0250. The molecule has 0 saturated heterocycles. The maximum Gasteiger partial charge on any atom is 0.220 e. The van der Waals surface area contributed by atoms with Gasteiger partial charge in [0.25, 0.3) is 0 Å². The lowest BCUT2D eigenvalue weighted by Crippen LogP contribution is -2.34. The van der Waals surface area contributed by atoms with Crippen LogP contribution < -0.4 is 15.4 Å². The summed E-state index contributed by atoms with van der Waals surface area (Å²) >= 11 is 0. The predicted molar refractivity (Wildman–Crippen MR) is 93.8 cm³/mol. The maximum absolute atomic E-state index is 12.1. The van der Waals surface area contributed by atoms with E-state index < -0.39 is 0 Å². The molecule has 0 aromatic heterocycles. The molecule has 5 nitrogen and oxygen atoms in total. The third kappa shape index (κ3) is 5.87.